The zero-order valence-electron chi connectivity index (χ0n) is 13.3. The van der Waals surface area contributed by atoms with Crippen LogP contribution >= 0.6 is 0 Å². The highest BCUT2D eigenvalue weighted by Gasteiger charge is 2.52. The highest BCUT2D eigenvalue weighted by Crippen LogP contribution is 2.50. The Labute approximate surface area is 135 Å². The minimum Gasteiger partial charge on any atom is -0.310 e. The van der Waals surface area contributed by atoms with Gasteiger partial charge >= 0.3 is 0 Å². The van der Waals surface area contributed by atoms with E-state index < -0.39 is 5.41 Å². The Bertz CT molecular complexity index is 663. The van der Waals surface area contributed by atoms with Crippen LogP contribution in [0.4, 0.5) is 0 Å². The van der Waals surface area contributed by atoms with E-state index in [1.165, 1.54) is 0 Å². The van der Waals surface area contributed by atoms with Crippen molar-refractivity contribution in [2.24, 2.45) is 4.99 Å². The molecule has 0 unspecified atom stereocenters. The molecule has 0 atom stereocenters. The third-order valence-corrected chi connectivity index (χ3v) is 4.03. The second kappa shape index (κ2) is 6.42. The first-order valence-electron chi connectivity index (χ1n) is 7.98. The van der Waals surface area contributed by atoms with Crippen molar-refractivity contribution >= 4 is 12.1 Å². The Morgan fingerprint density at radius 3 is 2.65 bits per heavy atom. The molecule has 2 aliphatic heterocycles. The minimum absolute atomic E-state index is 0.0208. The van der Waals surface area contributed by atoms with Gasteiger partial charge in [-0.1, -0.05) is 19.9 Å². The van der Waals surface area contributed by atoms with Crippen molar-refractivity contribution in [3.05, 3.63) is 35.7 Å². The Morgan fingerprint density at radius 1 is 1.17 bits per heavy atom. The van der Waals surface area contributed by atoms with Crippen LogP contribution in [0.5, 0.6) is 11.5 Å². The van der Waals surface area contributed by atoms with Crippen molar-refractivity contribution in [1.82, 2.24) is 5.32 Å². The van der Waals surface area contributed by atoms with Gasteiger partial charge in [0.2, 0.25) is 17.4 Å². The second-order valence-electron chi connectivity index (χ2n) is 5.41. The molecule has 122 valence electrons. The maximum absolute atomic E-state index is 12.6. The van der Waals surface area contributed by atoms with Gasteiger partial charge in [0.05, 0.1) is 5.41 Å². The van der Waals surface area contributed by atoms with Crippen LogP contribution in [-0.4, -0.2) is 12.1 Å². The van der Waals surface area contributed by atoms with E-state index in [1.807, 2.05) is 32.2 Å². The lowest BCUT2D eigenvalue weighted by molar-refractivity contribution is -0.384. The molecular formula is C17H20N2O4. The summed E-state index contributed by atoms with van der Waals surface area (Å²) in [7, 11) is 0. The average Bonchev–Trinajstić information content (AvgIpc) is 3.29. The molecule has 23 heavy (non-hydrogen) atoms. The summed E-state index contributed by atoms with van der Waals surface area (Å²) in [5.41, 5.74) is 0.419. The third-order valence-electron chi connectivity index (χ3n) is 4.03. The van der Waals surface area contributed by atoms with Crippen LogP contribution < -0.4 is 15.1 Å². The van der Waals surface area contributed by atoms with Crippen LogP contribution in [-0.2, 0) is 15.2 Å². The van der Waals surface area contributed by atoms with E-state index in [2.05, 4.69) is 15.3 Å². The smallest absolute Gasteiger partial charge is 0.236 e. The molecule has 1 aromatic carbocycles. The van der Waals surface area contributed by atoms with Gasteiger partial charge in [-0.15, -0.1) is 0 Å². The summed E-state index contributed by atoms with van der Waals surface area (Å²) in [5.74, 6) is 1.64. The van der Waals surface area contributed by atoms with Gasteiger partial charge in [-0.25, -0.2) is 4.99 Å². The second-order valence-corrected chi connectivity index (χ2v) is 5.41. The monoisotopic (exact) mass is 316 g/mol. The molecule has 1 N–H and O–H groups in total. The van der Waals surface area contributed by atoms with E-state index in [-0.39, 0.29) is 5.91 Å². The van der Waals surface area contributed by atoms with Crippen molar-refractivity contribution in [1.29, 1.82) is 0 Å². The lowest BCUT2D eigenvalue weighted by Gasteiger charge is -2.17. The summed E-state index contributed by atoms with van der Waals surface area (Å²) in [5, 5.41) is 7.36. The molecule has 0 spiro atoms. The van der Waals surface area contributed by atoms with Crippen molar-refractivity contribution in [2.45, 2.75) is 44.9 Å². The van der Waals surface area contributed by atoms with Gasteiger partial charge in [0, 0.05) is 11.3 Å². The number of benzene rings is 1. The molecule has 1 fully saturated rings. The number of nitrogens with zero attached hydrogens (tertiary/aromatic N) is 1. The Kier molecular flexibility index (Phi) is 4.34. The van der Waals surface area contributed by atoms with Crippen LogP contribution in [0.2, 0.25) is 0 Å². The molecule has 1 aliphatic carbocycles. The van der Waals surface area contributed by atoms with E-state index in [1.54, 1.807) is 12.1 Å². The minimum atomic E-state index is -0.491. The largest absolute Gasteiger partial charge is 0.310 e. The molecule has 6 heteroatoms. The van der Waals surface area contributed by atoms with Crippen LogP contribution in [0.3, 0.4) is 0 Å². The normalized spacial score (nSPS) is 19.3. The number of amides is 1. The molecule has 3 aliphatic rings. The molecule has 0 aromatic heterocycles. The summed E-state index contributed by atoms with van der Waals surface area (Å²) in [6.07, 6.45) is 7.24. The number of rotatable bonds is 3. The van der Waals surface area contributed by atoms with E-state index in [4.69, 9.17) is 9.78 Å². The molecule has 1 saturated carbocycles. The number of nitrogens with one attached hydrogen (secondary N) is 1. The fourth-order valence-electron chi connectivity index (χ4n) is 2.63. The molecular weight excluding hydrogens is 296 g/mol. The van der Waals surface area contributed by atoms with Crippen molar-refractivity contribution in [2.75, 3.05) is 0 Å². The molecule has 6 nitrogen and oxygen atoms in total. The zero-order valence-corrected chi connectivity index (χ0v) is 13.3. The van der Waals surface area contributed by atoms with Crippen LogP contribution in [0.25, 0.3) is 0 Å². The van der Waals surface area contributed by atoms with Crippen molar-refractivity contribution in [3.63, 3.8) is 0 Å². The average molecular weight is 316 g/mol. The predicted molar refractivity (Wildman–Crippen MR) is 85.0 cm³/mol. The summed E-state index contributed by atoms with van der Waals surface area (Å²) in [4.78, 5) is 26.5. The fraction of sp³-hybridized carbons (Fsp3) is 0.412. The Hall–Kier alpha value is -2.34. The summed E-state index contributed by atoms with van der Waals surface area (Å²) in [6.45, 7) is 4.00. The van der Waals surface area contributed by atoms with Crippen LogP contribution in [0.15, 0.2) is 35.1 Å². The topological polar surface area (TPSA) is 69.2 Å². The molecule has 2 heterocycles. The number of allylic oxidation sites excluding steroid dienone is 1. The number of aliphatic imine (C=N–C) groups is 1. The fourth-order valence-corrected chi connectivity index (χ4v) is 2.63. The number of carbonyl (C=O) groups is 1. The highest BCUT2D eigenvalue weighted by atomic mass is 17.5. The van der Waals surface area contributed by atoms with Gasteiger partial charge in [-0.3, -0.25) is 14.6 Å². The number of carbonyl (C=O) groups excluding carboxylic acids is 1. The van der Waals surface area contributed by atoms with Crippen molar-refractivity contribution in [3.8, 4) is 11.5 Å². The zero-order chi connectivity index (χ0) is 16.3. The van der Waals surface area contributed by atoms with Crippen LogP contribution in [0.1, 0.15) is 45.1 Å². The maximum Gasteiger partial charge on any atom is 0.236 e. The first kappa shape index (κ1) is 15.6. The molecule has 1 amide bonds. The lowest BCUT2D eigenvalue weighted by atomic mass is 9.94. The van der Waals surface area contributed by atoms with Crippen molar-refractivity contribution < 1.29 is 19.6 Å². The van der Waals surface area contributed by atoms with E-state index >= 15 is 0 Å². The first-order chi connectivity index (χ1) is 11.3. The Balaban J connectivity index is 0.000000753. The predicted octanol–water partition coefficient (Wildman–Crippen LogP) is 3.18. The lowest BCUT2D eigenvalue weighted by Crippen LogP contribution is -2.34. The number of hydrogen-bond donors (Lipinski definition) is 1. The standard InChI is InChI=1S/C15H14N2O4.C2H6/c18-14(17-13-3-1-2-8-16-13)15(6-7-15)10-4-5-11-12(9-10)20-21-19-11;1-2/h3-5,8-9H,1-2,6-7H2,(H,17,18);1-2H3. The Morgan fingerprint density at radius 2 is 1.96 bits per heavy atom. The maximum atomic E-state index is 12.6. The van der Waals surface area contributed by atoms with Crippen LogP contribution in [0, 0.1) is 0 Å². The number of fused-ring (bicyclic) bond motifs is 1. The first-order valence-corrected chi connectivity index (χ1v) is 7.98. The van der Waals surface area contributed by atoms with Gasteiger partial charge in [0.1, 0.15) is 5.82 Å². The highest BCUT2D eigenvalue weighted by molar-refractivity contribution is 5.92. The van der Waals surface area contributed by atoms with E-state index in [0.29, 0.717) is 17.3 Å². The molecule has 4 rings (SSSR count). The third kappa shape index (κ3) is 2.94. The summed E-state index contributed by atoms with van der Waals surface area (Å²) >= 11 is 0. The summed E-state index contributed by atoms with van der Waals surface area (Å²) < 4.78 is 0. The van der Waals surface area contributed by atoms with E-state index in [0.717, 1.165) is 31.2 Å². The quantitative estimate of drug-likeness (QED) is 0.870. The molecule has 0 bridgehead atoms. The SMILES string of the molecule is CC.O=C(NC1=CCCC=N1)C1(c2ccc3c(c2)OOO3)CC1. The number of hydrogen-bond acceptors (Lipinski definition) is 5. The summed E-state index contributed by atoms with van der Waals surface area (Å²) in [6, 6.07) is 5.43. The molecule has 0 radical (unpaired) electrons. The van der Waals surface area contributed by atoms with E-state index in [9.17, 15) is 4.79 Å². The van der Waals surface area contributed by atoms with Gasteiger partial charge < -0.3 is 5.32 Å². The van der Waals surface area contributed by atoms with Gasteiger partial charge in [-0.05, 0) is 49.5 Å². The van der Waals surface area contributed by atoms with Gasteiger partial charge in [0.15, 0.2) is 0 Å². The molecule has 1 aromatic rings. The van der Waals surface area contributed by atoms with Gasteiger partial charge in [-0.2, -0.15) is 0 Å². The van der Waals surface area contributed by atoms with Gasteiger partial charge in [0.25, 0.3) is 0 Å². The molecule has 0 saturated heterocycles.